The molecule has 0 aromatic carbocycles. The SMILES string of the molecule is CC1=C(N2CCC3(CCN(CC(O)c4ncc(-n5cnnn5)cc4C)CC3)C2=O)CCC1. The summed E-state index contributed by atoms with van der Waals surface area (Å²) in [6, 6.07) is 1.93. The zero-order valence-corrected chi connectivity index (χ0v) is 18.9. The Morgan fingerprint density at radius 1 is 1.16 bits per heavy atom. The first-order valence-corrected chi connectivity index (χ1v) is 11.6. The van der Waals surface area contributed by atoms with Gasteiger partial charge >= 0.3 is 0 Å². The third kappa shape index (κ3) is 3.73. The molecule has 1 unspecified atom stereocenters. The fraction of sp³-hybridized carbons (Fsp3) is 0.609. The van der Waals surface area contributed by atoms with E-state index in [2.05, 4.69) is 37.2 Å². The van der Waals surface area contributed by atoms with Crippen LogP contribution >= 0.6 is 0 Å². The molecule has 2 aliphatic heterocycles. The molecule has 1 atom stereocenters. The summed E-state index contributed by atoms with van der Waals surface area (Å²) < 4.78 is 1.55. The summed E-state index contributed by atoms with van der Waals surface area (Å²) >= 11 is 0. The lowest BCUT2D eigenvalue weighted by molar-refractivity contribution is -0.137. The number of amides is 1. The summed E-state index contributed by atoms with van der Waals surface area (Å²) in [5.41, 5.74) is 4.81. The normalized spacial score (nSPS) is 22.3. The molecule has 2 aromatic rings. The smallest absolute Gasteiger partial charge is 0.233 e. The van der Waals surface area contributed by atoms with E-state index in [0.29, 0.717) is 18.1 Å². The highest BCUT2D eigenvalue weighted by Gasteiger charge is 2.49. The summed E-state index contributed by atoms with van der Waals surface area (Å²) in [7, 11) is 0. The Morgan fingerprint density at radius 3 is 2.59 bits per heavy atom. The Bertz CT molecular complexity index is 1020. The quantitative estimate of drug-likeness (QED) is 0.765. The second-order valence-corrected chi connectivity index (χ2v) is 9.53. The molecule has 32 heavy (non-hydrogen) atoms. The van der Waals surface area contributed by atoms with Crippen LogP contribution in [0.1, 0.15) is 62.8 Å². The monoisotopic (exact) mass is 437 g/mol. The van der Waals surface area contributed by atoms with Crippen LogP contribution in [0.3, 0.4) is 0 Å². The van der Waals surface area contributed by atoms with Gasteiger partial charge in [0.05, 0.1) is 23.0 Å². The van der Waals surface area contributed by atoms with E-state index in [0.717, 1.165) is 63.0 Å². The highest BCUT2D eigenvalue weighted by Crippen LogP contribution is 2.45. The first-order valence-electron chi connectivity index (χ1n) is 11.6. The van der Waals surface area contributed by atoms with E-state index in [1.165, 1.54) is 24.0 Å². The maximum absolute atomic E-state index is 13.3. The molecule has 9 nitrogen and oxygen atoms in total. The minimum Gasteiger partial charge on any atom is -0.385 e. The first kappa shape index (κ1) is 21.2. The van der Waals surface area contributed by atoms with E-state index < -0.39 is 6.10 Å². The van der Waals surface area contributed by atoms with Crippen molar-refractivity contribution in [3.8, 4) is 5.69 Å². The van der Waals surface area contributed by atoms with Crippen LogP contribution in [0, 0.1) is 12.3 Å². The van der Waals surface area contributed by atoms with Gasteiger partial charge in [0, 0.05) is 18.8 Å². The van der Waals surface area contributed by atoms with Gasteiger partial charge in [-0.05, 0) is 87.5 Å². The number of pyridine rings is 1. The van der Waals surface area contributed by atoms with Crippen LogP contribution < -0.4 is 0 Å². The van der Waals surface area contributed by atoms with Crippen LogP contribution in [0.25, 0.3) is 5.69 Å². The Balaban J connectivity index is 1.20. The van der Waals surface area contributed by atoms with Gasteiger partial charge in [0.25, 0.3) is 0 Å². The summed E-state index contributed by atoms with van der Waals surface area (Å²) in [5, 5.41) is 22.0. The largest absolute Gasteiger partial charge is 0.385 e. The van der Waals surface area contributed by atoms with Crippen LogP contribution in [0.4, 0.5) is 0 Å². The zero-order chi connectivity index (χ0) is 22.3. The van der Waals surface area contributed by atoms with Crippen molar-refractivity contribution in [2.24, 2.45) is 5.41 Å². The topological polar surface area (TPSA) is 100 Å². The molecule has 2 saturated heterocycles. The molecule has 1 spiro atoms. The molecule has 5 rings (SSSR count). The van der Waals surface area contributed by atoms with Gasteiger partial charge in [0.2, 0.25) is 5.91 Å². The molecular weight excluding hydrogens is 406 g/mol. The number of piperidine rings is 1. The van der Waals surface area contributed by atoms with Gasteiger partial charge in [-0.1, -0.05) is 5.57 Å². The Morgan fingerprint density at radius 2 is 1.94 bits per heavy atom. The molecule has 2 aromatic heterocycles. The number of tetrazole rings is 1. The van der Waals surface area contributed by atoms with Gasteiger partial charge < -0.3 is 14.9 Å². The lowest BCUT2D eigenvalue weighted by Crippen LogP contribution is -2.45. The van der Waals surface area contributed by atoms with E-state index in [1.807, 2.05) is 13.0 Å². The number of rotatable bonds is 5. The number of aryl methyl sites for hydroxylation is 1. The molecule has 170 valence electrons. The fourth-order valence-corrected chi connectivity index (χ4v) is 5.60. The Hall–Kier alpha value is -2.65. The fourth-order valence-electron chi connectivity index (χ4n) is 5.60. The van der Waals surface area contributed by atoms with Crippen molar-refractivity contribution in [1.29, 1.82) is 0 Å². The average molecular weight is 438 g/mol. The maximum atomic E-state index is 13.3. The van der Waals surface area contributed by atoms with Crippen molar-refractivity contribution in [3.63, 3.8) is 0 Å². The number of hydrogen-bond acceptors (Lipinski definition) is 7. The van der Waals surface area contributed by atoms with Gasteiger partial charge in [-0.15, -0.1) is 5.10 Å². The lowest BCUT2D eigenvalue weighted by Gasteiger charge is -2.38. The summed E-state index contributed by atoms with van der Waals surface area (Å²) in [6.45, 7) is 7.17. The first-order chi connectivity index (χ1) is 15.5. The summed E-state index contributed by atoms with van der Waals surface area (Å²) in [6.07, 6.45) is 8.57. The van der Waals surface area contributed by atoms with Crippen molar-refractivity contribution in [2.75, 3.05) is 26.2 Å². The highest BCUT2D eigenvalue weighted by atomic mass is 16.3. The number of aliphatic hydroxyl groups excluding tert-OH is 1. The van der Waals surface area contributed by atoms with Crippen molar-refractivity contribution in [3.05, 3.63) is 41.1 Å². The highest BCUT2D eigenvalue weighted by molar-refractivity contribution is 5.86. The number of nitrogens with zero attached hydrogens (tertiary/aromatic N) is 7. The van der Waals surface area contributed by atoms with Gasteiger partial charge in [-0.2, -0.15) is 4.68 Å². The number of β-amino-alcohol motifs (C(OH)–C–C–N with tert-alkyl or cyclic N) is 1. The molecule has 0 bridgehead atoms. The zero-order valence-electron chi connectivity index (χ0n) is 18.9. The van der Waals surface area contributed by atoms with Crippen molar-refractivity contribution in [2.45, 2.75) is 58.5 Å². The number of likely N-dealkylation sites (tertiary alicyclic amines) is 2. The molecule has 4 heterocycles. The lowest BCUT2D eigenvalue weighted by atomic mass is 9.77. The minimum atomic E-state index is -0.672. The molecule has 9 heteroatoms. The molecule has 3 aliphatic rings. The average Bonchev–Trinajstić information content (AvgIpc) is 3.52. The number of aliphatic hydroxyl groups is 1. The number of hydrogen-bond donors (Lipinski definition) is 1. The van der Waals surface area contributed by atoms with Gasteiger partial charge in [-0.3, -0.25) is 9.78 Å². The van der Waals surface area contributed by atoms with Crippen molar-refractivity contribution >= 4 is 5.91 Å². The Kier molecular flexibility index (Phi) is 5.54. The maximum Gasteiger partial charge on any atom is 0.233 e. The molecule has 1 N–H and O–H groups in total. The van der Waals surface area contributed by atoms with Crippen LogP contribution in [-0.4, -0.2) is 72.2 Å². The van der Waals surface area contributed by atoms with Crippen molar-refractivity contribution < 1.29 is 9.90 Å². The van der Waals surface area contributed by atoms with E-state index in [4.69, 9.17) is 0 Å². The van der Waals surface area contributed by atoms with Gasteiger partial charge in [0.15, 0.2) is 0 Å². The van der Waals surface area contributed by atoms with E-state index in [-0.39, 0.29) is 5.41 Å². The van der Waals surface area contributed by atoms with Gasteiger partial charge in [0.1, 0.15) is 12.4 Å². The predicted molar refractivity (Wildman–Crippen MR) is 118 cm³/mol. The molecule has 2 fully saturated rings. The summed E-state index contributed by atoms with van der Waals surface area (Å²) in [5.74, 6) is 0.338. The third-order valence-electron chi connectivity index (χ3n) is 7.57. The predicted octanol–water partition coefficient (Wildman–Crippen LogP) is 2.17. The second-order valence-electron chi connectivity index (χ2n) is 9.53. The standard InChI is InChI=1S/C23H31N7O2/c1-16-4-3-5-19(16)29-11-8-23(22(29)32)6-9-28(10-7-23)14-20(31)21-17(2)12-18(13-24-21)30-15-25-26-27-30/h12-13,15,20,31H,3-11,14H2,1-2H3. The van der Waals surface area contributed by atoms with E-state index in [1.54, 1.807) is 10.9 Å². The molecule has 0 saturated carbocycles. The molecule has 0 radical (unpaired) electrons. The van der Waals surface area contributed by atoms with Crippen LogP contribution in [0.15, 0.2) is 29.9 Å². The number of aromatic nitrogens is 5. The molecule has 1 amide bonds. The molecule has 1 aliphatic carbocycles. The molecular formula is C23H31N7O2. The number of allylic oxidation sites excluding steroid dienone is 2. The number of carbonyl (C=O) groups excluding carboxylic acids is 1. The van der Waals surface area contributed by atoms with E-state index in [9.17, 15) is 9.90 Å². The Labute approximate surface area is 188 Å². The van der Waals surface area contributed by atoms with Crippen molar-refractivity contribution in [1.82, 2.24) is 35.0 Å². The third-order valence-corrected chi connectivity index (χ3v) is 7.57. The summed E-state index contributed by atoms with van der Waals surface area (Å²) in [4.78, 5) is 22.2. The van der Waals surface area contributed by atoms with Gasteiger partial charge in [-0.25, -0.2) is 0 Å². The van der Waals surface area contributed by atoms with E-state index >= 15 is 0 Å². The second kappa shape index (κ2) is 8.37. The minimum absolute atomic E-state index is 0.209. The van der Waals surface area contributed by atoms with Crippen LogP contribution in [0.2, 0.25) is 0 Å². The van der Waals surface area contributed by atoms with Crippen LogP contribution in [-0.2, 0) is 4.79 Å². The van der Waals surface area contributed by atoms with Crippen LogP contribution in [0.5, 0.6) is 0 Å². The number of carbonyl (C=O) groups is 1.